The molecule has 0 radical (unpaired) electrons. The van der Waals surface area contributed by atoms with Crippen molar-refractivity contribution in [2.24, 2.45) is 0 Å². The summed E-state index contributed by atoms with van der Waals surface area (Å²) in [5.74, 6) is -0.330. The van der Waals surface area contributed by atoms with Crippen molar-refractivity contribution in [1.29, 1.82) is 0 Å². The number of para-hydroxylation sites is 2. The highest BCUT2D eigenvalue weighted by Gasteiger charge is 2.20. The second-order valence-electron chi connectivity index (χ2n) is 5.71. The zero-order chi connectivity index (χ0) is 17.4. The van der Waals surface area contributed by atoms with Crippen LogP contribution in [0.1, 0.15) is 32.1 Å². The molecule has 1 amide bonds. The second-order valence-corrected chi connectivity index (χ2v) is 5.71. The van der Waals surface area contributed by atoms with Crippen molar-refractivity contribution in [3.63, 3.8) is 0 Å². The summed E-state index contributed by atoms with van der Waals surface area (Å²) < 4.78 is 9.92. The number of ether oxygens (including phenoxy) is 2. The monoisotopic (exact) mass is 332 g/mol. The molecule has 1 aromatic carbocycles. The minimum atomic E-state index is -0.591. The maximum Gasteiger partial charge on any atom is 0.332 e. The number of rotatable bonds is 6. The van der Waals surface area contributed by atoms with Crippen LogP contribution in [0.3, 0.4) is 0 Å². The first-order valence-electron chi connectivity index (χ1n) is 8.14. The molecule has 0 unspecified atom stereocenters. The molecule has 1 aromatic rings. The molecule has 0 aromatic heterocycles. The van der Waals surface area contributed by atoms with E-state index in [2.05, 4.69) is 15.4 Å². The molecule has 2 rings (SSSR count). The highest BCUT2D eigenvalue weighted by molar-refractivity contribution is 6.02. The highest BCUT2D eigenvalue weighted by atomic mass is 16.5. The van der Waals surface area contributed by atoms with Gasteiger partial charge in [-0.15, -0.1) is 0 Å². The predicted octanol–water partition coefficient (Wildman–Crippen LogP) is 2.61. The normalized spacial score (nSPS) is 15.5. The molecule has 24 heavy (non-hydrogen) atoms. The van der Waals surface area contributed by atoms with E-state index < -0.39 is 5.97 Å². The van der Waals surface area contributed by atoms with Crippen LogP contribution in [0.15, 0.2) is 36.0 Å². The molecule has 0 heterocycles. The van der Waals surface area contributed by atoms with Gasteiger partial charge in [0.15, 0.2) is 0 Å². The van der Waals surface area contributed by atoms with Crippen molar-refractivity contribution in [2.45, 2.75) is 38.1 Å². The first-order chi connectivity index (χ1) is 11.6. The molecule has 1 aliphatic rings. The van der Waals surface area contributed by atoms with Gasteiger partial charge in [-0.3, -0.25) is 4.79 Å². The highest BCUT2D eigenvalue weighted by Crippen LogP contribution is 2.25. The van der Waals surface area contributed by atoms with Crippen LogP contribution in [-0.2, 0) is 14.3 Å². The minimum absolute atomic E-state index is 0.136. The van der Waals surface area contributed by atoms with Crippen molar-refractivity contribution >= 4 is 17.6 Å². The van der Waals surface area contributed by atoms with Crippen LogP contribution in [-0.4, -0.2) is 32.1 Å². The molecule has 6 nitrogen and oxygen atoms in total. The number of amides is 1. The van der Waals surface area contributed by atoms with Gasteiger partial charge in [0.05, 0.1) is 26.0 Å². The Kier molecular flexibility index (Phi) is 6.66. The second kappa shape index (κ2) is 8.96. The van der Waals surface area contributed by atoms with Crippen LogP contribution >= 0.6 is 0 Å². The van der Waals surface area contributed by atoms with Crippen LogP contribution in [0.5, 0.6) is 5.75 Å². The lowest BCUT2D eigenvalue weighted by atomic mass is 9.95. The summed E-state index contributed by atoms with van der Waals surface area (Å²) in [6.45, 7) is 0. The molecule has 0 atom stereocenters. The minimum Gasteiger partial charge on any atom is -0.495 e. The summed E-state index contributed by atoms with van der Waals surface area (Å²) in [6.07, 6.45) is 6.51. The quantitative estimate of drug-likeness (QED) is 0.618. The van der Waals surface area contributed by atoms with E-state index in [9.17, 15) is 9.59 Å². The number of hydrogen-bond acceptors (Lipinski definition) is 5. The average Bonchev–Trinajstić information content (AvgIpc) is 2.62. The molecule has 0 saturated heterocycles. The summed E-state index contributed by atoms with van der Waals surface area (Å²) in [7, 11) is 2.82. The summed E-state index contributed by atoms with van der Waals surface area (Å²) in [4.78, 5) is 24.2. The summed E-state index contributed by atoms with van der Waals surface area (Å²) in [5, 5.41) is 5.96. The summed E-state index contributed by atoms with van der Waals surface area (Å²) in [5.41, 5.74) is 0.742. The lowest BCUT2D eigenvalue weighted by Gasteiger charge is -2.23. The van der Waals surface area contributed by atoms with Crippen LogP contribution < -0.4 is 15.4 Å². The Bertz CT molecular complexity index is 607. The topological polar surface area (TPSA) is 76.7 Å². The van der Waals surface area contributed by atoms with Gasteiger partial charge in [-0.2, -0.15) is 0 Å². The van der Waals surface area contributed by atoms with Gasteiger partial charge in [0.25, 0.3) is 5.91 Å². The van der Waals surface area contributed by atoms with Gasteiger partial charge >= 0.3 is 5.97 Å². The number of esters is 1. The largest absolute Gasteiger partial charge is 0.495 e. The third kappa shape index (κ3) is 5.01. The summed E-state index contributed by atoms with van der Waals surface area (Å²) in [6, 6.07) is 7.34. The van der Waals surface area contributed by atoms with Gasteiger partial charge in [0.1, 0.15) is 11.4 Å². The molecule has 130 valence electrons. The number of hydrogen-bond donors (Lipinski definition) is 2. The lowest BCUT2D eigenvalue weighted by Crippen LogP contribution is -2.38. The van der Waals surface area contributed by atoms with E-state index in [-0.39, 0.29) is 17.6 Å². The third-order valence-corrected chi connectivity index (χ3v) is 4.02. The first-order valence-corrected chi connectivity index (χ1v) is 8.14. The van der Waals surface area contributed by atoms with E-state index in [1.165, 1.54) is 13.5 Å². The van der Waals surface area contributed by atoms with E-state index in [1.807, 2.05) is 12.1 Å². The number of methoxy groups -OCH3 is 2. The molecule has 0 spiro atoms. The van der Waals surface area contributed by atoms with E-state index in [0.29, 0.717) is 11.4 Å². The first kappa shape index (κ1) is 17.8. The smallest absolute Gasteiger partial charge is 0.332 e. The fourth-order valence-corrected chi connectivity index (χ4v) is 2.74. The SMILES string of the molecule is COC(=O)/C=C(\Nc1ccccc1OC)C(=O)NC1CCCCC1. The van der Waals surface area contributed by atoms with Gasteiger partial charge in [-0.1, -0.05) is 31.4 Å². The van der Waals surface area contributed by atoms with Gasteiger partial charge in [-0.25, -0.2) is 4.79 Å². The maximum absolute atomic E-state index is 12.6. The fraction of sp³-hybridized carbons (Fsp3) is 0.444. The fourth-order valence-electron chi connectivity index (χ4n) is 2.74. The van der Waals surface area contributed by atoms with Crippen LogP contribution in [0.2, 0.25) is 0 Å². The van der Waals surface area contributed by atoms with Crippen LogP contribution in [0.25, 0.3) is 0 Å². The van der Waals surface area contributed by atoms with E-state index in [0.717, 1.165) is 31.8 Å². The van der Waals surface area contributed by atoms with E-state index in [4.69, 9.17) is 4.74 Å². The maximum atomic E-state index is 12.6. The number of benzene rings is 1. The number of carbonyl (C=O) groups is 2. The van der Waals surface area contributed by atoms with Crippen molar-refractivity contribution in [2.75, 3.05) is 19.5 Å². The van der Waals surface area contributed by atoms with E-state index >= 15 is 0 Å². The lowest BCUT2D eigenvalue weighted by molar-refractivity contribution is -0.135. The molecule has 6 heteroatoms. The molecule has 0 aliphatic heterocycles. The molecule has 0 bridgehead atoms. The molecular formula is C18H24N2O4. The zero-order valence-electron chi connectivity index (χ0n) is 14.1. The molecule has 2 N–H and O–H groups in total. The number of anilines is 1. The number of carbonyl (C=O) groups excluding carboxylic acids is 2. The van der Waals surface area contributed by atoms with Gasteiger partial charge in [0.2, 0.25) is 0 Å². The molecule has 1 saturated carbocycles. The van der Waals surface area contributed by atoms with Crippen molar-refractivity contribution in [3.8, 4) is 5.75 Å². The Morgan fingerprint density at radius 3 is 2.50 bits per heavy atom. The van der Waals surface area contributed by atoms with Crippen LogP contribution in [0.4, 0.5) is 5.69 Å². The Morgan fingerprint density at radius 2 is 1.83 bits per heavy atom. The third-order valence-electron chi connectivity index (χ3n) is 4.02. The molecule has 1 aliphatic carbocycles. The van der Waals surface area contributed by atoms with Crippen molar-refractivity contribution in [1.82, 2.24) is 5.32 Å². The number of nitrogens with one attached hydrogen (secondary N) is 2. The Hall–Kier alpha value is -2.50. The van der Waals surface area contributed by atoms with Crippen LogP contribution in [0, 0.1) is 0 Å². The van der Waals surface area contributed by atoms with E-state index in [1.54, 1.807) is 19.2 Å². The Labute approximate surface area is 142 Å². The molecule has 1 fully saturated rings. The van der Waals surface area contributed by atoms with Gasteiger partial charge in [0, 0.05) is 6.04 Å². The standard InChI is InChI=1S/C18H24N2O4/c1-23-16-11-7-6-10-14(16)20-15(12-17(21)24-2)18(22)19-13-8-4-3-5-9-13/h6-7,10-13,20H,3-5,8-9H2,1-2H3,(H,19,22)/b15-12-. The van der Waals surface area contributed by atoms with Gasteiger partial charge < -0.3 is 20.1 Å². The Morgan fingerprint density at radius 1 is 1.12 bits per heavy atom. The molecular weight excluding hydrogens is 308 g/mol. The van der Waals surface area contributed by atoms with Crippen molar-refractivity contribution in [3.05, 3.63) is 36.0 Å². The predicted molar refractivity (Wildman–Crippen MR) is 91.7 cm³/mol. The zero-order valence-corrected chi connectivity index (χ0v) is 14.1. The van der Waals surface area contributed by atoms with Gasteiger partial charge in [-0.05, 0) is 25.0 Å². The summed E-state index contributed by atoms with van der Waals surface area (Å²) >= 11 is 0. The Balaban J connectivity index is 2.16. The van der Waals surface area contributed by atoms with Crippen molar-refractivity contribution < 1.29 is 19.1 Å². The average molecular weight is 332 g/mol.